The third-order valence-corrected chi connectivity index (χ3v) is 6.47. The number of piperidine rings is 1. The van der Waals surface area contributed by atoms with E-state index < -0.39 is 5.91 Å². The molecule has 1 amide bonds. The summed E-state index contributed by atoms with van der Waals surface area (Å²) in [5.74, 6) is 0.243. The van der Waals surface area contributed by atoms with Gasteiger partial charge in [0.1, 0.15) is 11.9 Å². The van der Waals surface area contributed by atoms with E-state index in [1.54, 1.807) is 12.1 Å². The van der Waals surface area contributed by atoms with E-state index in [-0.39, 0.29) is 41.5 Å². The lowest BCUT2D eigenvalue weighted by atomic mass is 9.98. The monoisotopic (exact) mass is 517 g/mol. The van der Waals surface area contributed by atoms with Crippen molar-refractivity contribution in [1.29, 1.82) is 0 Å². The first-order chi connectivity index (χ1) is 16.4. The summed E-state index contributed by atoms with van der Waals surface area (Å²) in [5, 5.41) is 17.7. The van der Waals surface area contributed by atoms with Crippen LogP contribution in [0.25, 0.3) is 22.5 Å². The zero-order chi connectivity index (χ0) is 23.8. The molecule has 1 aromatic heterocycles. The van der Waals surface area contributed by atoms with Gasteiger partial charge in [-0.15, -0.1) is 12.4 Å². The first-order valence-electron chi connectivity index (χ1n) is 11.0. The molecule has 2 aliphatic rings. The summed E-state index contributed by atoms with van der Waals surface area (Å²) < 4.78 is 16.2. The third-order valence-electron chi connectivity index (χ3n) is 6.15. The minimum absolute atomic E-state index is 0. The van der Waals surface area contributed by atoms with Crippen LogP contribution in [-0.2, 0) is 4.79 Å². The summed E-state index contributed by atoms with van der Waals surface area (Å²) in [6, 6.07) is 12.6. The van der Waals surface area contributed by atoms with Gasteiger partial charge in [0, 0.05) is 24.2 Å². The summed E-state index contributed by atoms with van der Waals surface area (Å²) >= 11 is 6.55. The fraction of sp³-hybridized carbons (Fsp3) is 0.280. The topological polar surface area (TPSA) is 97.1 Å². The molecule has 0 radical (unpaired) electrons. The number of anilines is 1. The molecule has 0 unspecified atom stereocenters. The molecule has 1 fully saturated rings. The minimum Gasteiger partial charge on any atom is -0.504 e. The largest absolute Gasteiger partial charge is 0.504 e. The SMILES string of the molecule is COc1cc(/C(O)=C2\C(=O)Nc3cc(Cl)c(-c4ccc(OC5CCN(C)CC5)cc4)cc32)on1.Cl. The fourth-order valence-corrected chi connectivity index (χ4v) is 4.52. The van der Waals surface area contributed by atoms with E-state index in [1.807, 2.05) is 24.3 Å². The summed E-state index contributed by atoms with van der Waals surface area (Å²) in [6.07, 6.45) is 2.23. The van der Waals surface area contributed by atoms with Crippen molar-refractivity contribution in [1.82, 2.24) is 10.1 Å². The highest BCUT2D eigenvalue weighted by Crippen LogP contribution is 2.42. The number of nitrogens with zero attached hydrogens (tertiary/aromatic N) is 2. The minimum atomic E-state index is -0.460. The van der Waals surface area contributed by atoms with Gasteiger partial charge < -0.3 is 29.3 Å². The number of aliphatic hydroxyl groups is 1. The molecule has 0 aliphatic carbocycles. The number of aromatic nitrogens is 1. The molecule has 2 aliphatic heterocycles. The van der Waals surface area contributed by atoms with Gasteiger partial charge in [-0.1, -0.05) is 23.7 Å². The zero-order valence-electron chi connectivity index (χ0n) is 19.2. The van der Waals surface area contributed by atoms with E-state index in [0.717, 1.165) is 42.8 Å². The van der Waals surface area contributed by atoms with Crippen LogP contribution in [0.3, 0.4) is 0 Å². The molecule has 0 saturated carbocycles. The van der Waals surface area contributed by atoms with Gasteiger partial charge in [-0.05, 0) is 54.9 Å². The van der Waals surface area contributed by atoms with Crippen LogP contribution >= 0.6 is 24.0 Å². The van der Waals surface area contributed by atoms with Crippen molar-refractivity contribution in [3.05, 3.63) is 58.8 Å². The van der Waals surface area contributed by atoms with E-state index in [0.29, 0.717) is 16.3 Å². The number of likely N-dealkylation sites (tertiary alicyclic amines) is 1. The molecule has 8 nitrogen and oxygen atoms in total. The van der Waals surface area contributed by atoms with E-state index in [1.165, 1.54) is 13.2 Å². The smallest absolute Gasteiger partial charge is 0.260 e. The summed E-state index contributed by atoms with van der Waals surface area (Å²) in [4.78, 5) is 15.0. The normalized spacial score (nSPS) is 17.4. The maximum atomic E-state index is 12.7. The molecule has 0 atom stereocenters. The Morgan fingerprint density at radius 3 is 2.54 bits per heavy atom. The highest BCUT2D eigenvalue weighted by Gasteiger charge is 2.31. The Labute approximate surface area is 213 Å². The molecular weight excluding hydrogens is 493 g/mol. The van der Waals surface area contributed by atoms with Crippen molar-refractivity contribution in [3.63, 3.8) is 0 Å². The van der Waals surface area contributed by atoms with Crippen LogP contribution in [0.15, 0.2) is 47.0 Å². The van der Waals surface area contributed by atoms with Gasteiger partial charge in [-0.2, -0.15) is 0 Å². The average molecular weight is 518 g/mol. The average Bonchev–Trinajstić information content (AvgIpc) is 3.44. The van der Waals surface area contributed by atoms with Gasteiger partial charge in [-0.25, -0.2) is 0 Å². The number of rotatable bonds is 5. The van der Waals surface area contributed by atoms with Crippen molar-refractivity contribution < 1.29 is 23.9 Å². The van der Waals surface area contributed by atoms with Gasteiger partial charge in [0.15, 0.2) is 5.76 Å². The van der Waals surface area contributed by atoms with Crippen LogP contribution in [0, 0.1) is 0 Å². The summed E-state index contributed by atoms with van der Waals surface area (Å²) in [6.45, 7) is 2.06. The Bertz CT molecular complexity index is 1260. The van der Waals surface area contributed by atoms with E-state index in [9.17, 15) is 9.90 Å². The van der Waals surface area contributed by atoms with Crippen LogP contribution in [0.2, 0.25) is 5.02 Å². The first-order valence-corrected chi connectivity index (χ1v) is 11.4. The van der Waals surface area contributed by atoms with Crippen molar-refractivity contribution in [2.75, 3.05) is 32.6 Å². The first kappa shape index (κ1) is 24.9. The molecule has 1 saturated heterocycles. The van der Waals surface area contributed by atoms with Crippen molar-refractivity contribution in [2.24, 2.45) is 0 Å². The molecule has 2 aromatic carbocycles. The number of hydrogen-bond acceptors (Lipinski definition) is 7. The van der Waals surface area contributed by atoms with Gasteiger partial charge in [-0.3, -0.25) is 4.79 Å². The predicted molar refractivity (Wildman–Crippen MR) is 136 cm³/mol. The lowest BCUT2D eigenvalue weighted by Crippen LogP contribution is -2.35. The van der Waals surface area contributed by atoms with E-state index >= 15 is 0 Å². The quantitative estimate of drug-likeness (QED) is 0.351. The van der Waals surface area contributed by atoms with Crippen molar-refractivity contribution in [3.8, 4) is 22.8 Å². The van der Waals surface area contributed by atoms with Crippen LogP contribution in [0.1, 0.15) is 24.2 Å². The molecule has 0 bridgehead atoms. The summed E-state index contributed by atoms with van der Waals surface area (Å²) in [7, 11) is 3.55. The molecular formula is C25H25Cl2N3O5. The van der Waals surface area contributed by atoms with E-state index in [2.05, 4.69) is 22.4 Å². The second kappa shape index (κ2) is 10.2. The highest BCUT2D eigenvalue weighted by molar-refractivity contribution is 6.38. The number of fused-ring (bicyclic) bond motifs is 1. The molecule has 10 heteroatoms. The van der Waals surface area contributed by atoms with Crippen LogP contribution in [0.5, 0.6) is 11.6 Å². The van der Waals surface area contributed by atoms with Crippen molar-refractivity contribution >= 4 is 46.9 Å². The number of carbonyl (C=O) groups is 1. The number of aliphatic hydroxyl groups excluding tert-OH is 1. The molecule has 5 rings (SSSR count). The Morgan fingerprint density at radius 1 is 1.17 bits per heavy atom. The standard InChI is InChI=1S/C25H24ClN3O5.ClH/c1-29-9-7-16(8-10-29)33-15-5-3-14(4-6-15)17-11-18-20(12-19(17)26)27-25(31)23(18)24(30)21-13-22(32-2)28-34-21;/h3-6,11-13,16,30H,7-10H2,1-2H3,(H,27,31);1H/b24-23+;. The van der Waals surface area contributed by atoms with Crippen LogP contribution in [-0.4, -0.2) is 54.4 Å². The second-order valence-electron chi connectivity index (χ2n) is 8.43. The Kier molecular flexibility index (Phi) is 7.25. The molecule has 35 heavy (non-hydrogen) atoms. The maximum Gasteiger partial charge on any atom is 0.260 e. The lowest BCUT2D eigenvalue weighted by molar-refractivity contribution is -0.110. The fourth-order valence-electron chi connectivity index (χ4n) is 4.25. The van der Waals surface area contributed by atoms with Gasteiger partial charge in [0.2, 0.25) is 5.76 Å². The molecule has 0 spiro atoms. The van der Waals surface area contributed by atoms with Gasteiger partial charge in [0.25, 0.3) is 11.8 Å². The number of carbonyl (C=O) groups excluding carboxylic acids is 1. The van der Waals surface area contributed by atoms with Crippen LogP contribution in [0.4, 0.5) is 5.69 Å². The molecule has 184 valence electrons. The number of hydrogen-bond donors (Lipinski definition) is 2. The lowest BCUT2D eigenvalue weighted by Gasteiger charge is -2.29. The van der Waals surface area contributed by atoms with Gasteiger partial charge >= 0.3 is 0 Å². The highest BCUT2D eigenvalue weighted by atomic mass is 35.5. The number of benzene rings is 2. The maximum absolute atomic E-state index is 12.7. The van der Waals surface area contributed by atoms with E-state index in [4.69, 9.17) is 25.6 Å². The molecule has 2 N–H and O–H groups in total. The Balaban J connectivity index is 0.00000289. The number of methoxy groups -OCH3 is 1. The second-order valence-corrected chi connectivity index (χ2v) is 8.84. The number of halogens is 2. The van der Waals surface area contributed by atoms with Crippen LogP contribution < -0.4 is 14.8 Å². The van der Waals surface area contributed by atoms with Crippen molar-refractivity contribution in [2.45, 2.75) is 18.9 Å². The number of ether oxygens (including phenoxy) is 2. The molecule has 3 heterocycles. The van der Waals surface area contributed by atoms with Gasteiger partial charge in [0.05, 0.1) is 29.5 Å². The summed E-state index contributed by atoms with van der Waals surface area (Å²) in [5.41, 5.74) is 2.69. The predicted octanol–water partition coefficient (Wildman–Crippen LogP) is 5.28. The number of amides is 1. The zero-order valence-corrected chi connectivity index (χ0v) is 20.8. The Hall–Kier alpha value is -3.20. The number of nitrogens with one attached hydrogen (secondary N) is 1. The Morgan fingerprint density at radius 2 is 1.89 bits per heavy atom. The third kappa shape index (κ3) is 4.96. The molecule has 3 aromatic rings.